The third-order valence-corrected chi connectivity index (χ3v) is 5.80. The van der Waals surface area contributed by atoms with Crippen molar-refractivity contribution in [3.05, 3.63) is 0 Å². The zero-order chi connectivity index (χ0) is 13.3. The van der Waals surface area contributed by atoms with Crippen LogP contribution in [-0.4, -0.2) is 36.1 Å². The standard InChI is InChI=1S/C16H27N3/c1-2-18-16(12-17)8-3-4-14(16)7-9-19-11-13-5-6-15(19)10-13/h13-15,18H,2-11H2,1H3. The number of hydrogen-bond donors (Lipinski definition) is 1. The predicted molar refractivity (Wildman–Crippen MR) is 76.7 cm³/mol. The molecular weight excluding hydrogens is 234 g/mol. The molecule has 19 heavy (non-hydrogen) atoms. The average Bonchev–Trinajstić information content (AvgIpc) is 3.11. The molecule has 0 spiro atoms. The van der Waals surface area contributed by atoms with Crippen LogP contribution in [0.4, 0.5) is 0 Å². The molecule has 1 N–H and O–H groups in total. The van der Waals surface area contributed by atoms with E-state index in [0.717, 1.165) is 24.9 Å². The molecule has 0 aromatic rings. The van der Waals surface area contributed by atoms with Gasteiger partial charge in [0.05, 0.1) is 6.07 Å². The van der Waals surface area contributed by atoms with Crippen LogP contribution >= 0.6 is 0 Å². The van der Waals surface area contributed by atoms with Crippen molar-refractivity contribution >= 4 is 0 Å². The number of piperidine rings is 1. The summed E-state index contributed by atoms with van der Waals surface area (Å²) in [5.41, 5.74) is -0.215. The highest BCUT2D eigenvalue weighted by Crippen LogP contribution is 2.40. The van der Waals surface area contributed by atoms with Crippen molar-refractivity contribution in [2.24, 2.45) is 11.8 Å². The van der Waals surface area contributed by atoms with Gasteiger partial charge in [0, 0.05) is 12.6 Å². The van der Waals surface area contributed by atoms with E-state index < -0.39 is 0 Å². The zero-order valence-corrected chi connectivity index (χ0v) is 12.2. The SMILES string of the molecule is CCNC1(C#N)CCCC1CCN1CC2CCC1C2. The van der Waals surface area contributed by atoms with E-state index in [9.17, 15) is 5.26 Å². The Bertz CT molecular complexity index is 361. The van der Waals surface area contributed by atoms with E-state index in [1.165, 1.54) is 51.6 Å². The van der Waals surface area contributed by atoms with E-state index in [0.29, 0.717) is 5.92 Å². The van der Waals surface area contributed by atoms with Crippen LogP contribution in [0.25, 0.3) is 0 Å². The molecule has 1 aliphatic heterocycles. The Morgan fingerprint density at radius 3 is 2.89 bits per heavy atom. The van der Waals surface area contributed by atoms with Crippen LogP contribution in [0.3, 0.4) is 0 Å². The second-order valence-electron chi connectivity index (χ2n) is 6.82. The molecular formula is C16H27N3. The molecule has 3 rings (SSSR count). The number of fused-ring (bicyclic) bond motifs is 2. The summed E-state index contributed by atoms with van der Waals surface area (Å²) in [5.74, 6) is 1.56. The maximum absolute atomic E-state index is 9.59. The van der Waals surface area contributed by atoms with Gasteiger partial charge in [-0.3, -0.25) is 5.32 Å². The molecule has 3 fully saturated rings. The highest BCUT2D eigenvalue weighted by atomic mass is 15.2. The summed E-state index contributed by atoms with van der Waals surface area (Å²) >= 11 is 0. The summed E-state index contributed by atoms with van der Waals surface area (Å²) in [6.07, 6.45) is 9.05. The van der Waals surface area contributed by atoms with Crippen LogP contribution in [-0.2, 0) is 0 Å². The number of rotatable bonds is 5. The van der Waals surface area contributed by atoms with Crippen molar-refractivity contribution in [2.45, 2.75) is 63.5 Å². The van der Waals surface area contributed by atoms with E-state index in [4.69, 9.17) is 0 Å². The first kappa shape index (κ1) is 13.4. The van der Waals surface area contributed by atoms with E-state index >= 15 is 0 Å². The molecule has 0 aromatic heterocycles. The van der Waals surface area contributed by atoms with Crippen molar-refractivity contribution in [3.63, 3.8) is 0 Å². The summed E-state index contributed by atoms with van der Waals surface area (Å²) in [6, 6.07) is 3.49. The predicted octanol–water partition coefficient (Wildman–Crippen LogP) is 2.53. The molecule has 4 unspecified atom stereocenters. The maximum atomic E-state index is 9.59. The molecule has 0 amide bonds. The van der Waals surface area contributed by atoms with E-state index in [2.05, 4.69) is 23.2 Å². The first-order chi connectivity index (χ1) is 9.27. The zero-order valence-electron chi connectivity index (χ0n) is 12.2. The first-order valence-corrected chi connectivity index (χ1v) is 8.17. The van der Waals surface area contributed by atoms with Gasteiger partial charge in [-0.25, -0.2) is 0 Å². The quantitative estimate of drug-likeness (QED) is 0.826. The fraction of sp³-hybridized carbons (Fsp3) is 0.938. The molecule has 3 heteroatoms. The lowest BCUT2D eigenvalue weighted by Gasteiger charge is -2.33. The van der Waals surface area contributed by atoms with Gasteiger partial charge in [-0.1, -0.05) is 13.3 Å². The van der Waals surface area contributed by atoms with Crippen molar-refractivity contribution in [2.75, 3.05) is 19.6 Å². The molecule has 0 radical (unpaired) electrons. The van der Waals surface area contributed by atoms with Gasteiger partial charge in [0.25, 0.3) is 0 Å². The second kappa shape index (κ2) is 5.42. The molecule has 0 aromatic carbocycles. The van der Waals surface area contributed by atoms with E-state index in [1.54, 1.807) is 0 Å². The molecule has 1 saturated heterocycles. The molecule has 2 aliphatic carbocycles. The fourth-order valence-electron chi connectivity index (χ4n) is 4.83. The van der Waals surface area contributed by atoms with Crippen molar-refractivity contribution in [1.29, 1.82) is 5.26 Å². The lowest BCUT2D eigenvalue weighted by atomic mass is 9.85. The van der Waals surface area contributed by atoms with E-state index in [-0.39, 0.29) is 5.54 Å². The summed E-state index contributed by atoms with van der Waals surface area (Å²) < 4.78 is 0. The molecule has 3 nitrogen and oxygen atoms in total. The van der Waals surface area contributed by atoms with Gasteiger partial charge >= 0.3 is 0 Å². The minimum absolute atomic E-state index is 0.215. The smallest absolute Gasteiger partial charge is 0.109 e. The molecule has 2 saturated carbocycles. The monoisotopic (exact) mass is 261 g/mol. The maximum Gasteiger partial charge on any atom is 0.109 e. The summed E-state index contributed by atoms with van der Waals surface area (Å²) in [4.78, 5) is 2.71. The Hall–Kier alpha value is -0.590. The Kier molecular flexibility index (Phi) is 3.82. The molecule has 1 heterocycles. The van der Waals surface area contributed by atoms with Crippen molar-refractivity contribution in [3.8, 4) is 6.07 Å². The summed E-state index contributed by atoms with van der Waals surface area (Å²) in [7, 11) is 0. The number of hydrogen-bond acceptors (Lipinski definition) is 3. The Morgan fingerprint density at radius 1 is 1.37 bits per heavy atom. The van der Waals surface area contributed by atoms with Gasteiger partial charge in [0.2, 0.25) is 0 Å². The molecule has 4 atom stereocenters. The number of nitrogens with one attached hydrogen (secondary N) is 1. The van der Waals surface area contributed by atoms with Crippen LogP contribution in [0.2, 0.25) is 0 Å². The second-order valence-corrected chi connectivity index (χ2v) is 6.82. The highest BCUT2D eigenvalue weighted by Gasteiger charge is 2.43. The summed E-state index contributed by atoms with van der Waals surface area (Å²) in [5, 5.41) is 13.1. The van der Waals surface area contributed by atoms with Crippen LogP contribution in [0.5, 0.6) is 0 Å². The van der Waals surface area contributed by atoms with E-state index in [1.807, 2.05) is 0 Å². The third-order valence-electron chi connectivity index (χ3n) is 5.80. The largest absolute Gasteiger partial charge is 0.300 e. The Balaban J connectivity index is 1.55. The number of nitriles is 1. The van der Waals surface area contributed by atoms with Crippen LogP contribution in [0.15, 0.2) is 0 Å². The lowest BCUT2D eigenvalue weighted by molar-refractivity contribution is 0.184. The van der Waals surface area contributed by atoms with Crippen LogP contribution in [0, 0.1) is 23.2 Å². The van der Waals surface area contributed by atoms with Gasteiger partial charge in [-0.05, 0) is 63.5 Å². The third kappa shape index (κ3) is 2.41. The lowest BCUT2D eigenvalue weighted by Crippen LogP contribution is -2.48. The first-order valence-electron chi connectivity index (χ1n) is 8.17. The normalized spacial score (nSPS) is 41.8. The molecule has 106 valence electrons. The van der Waals surface area contributed by atoms with Gasteiger partial charge in [0.15, 0.2) is 0 Å². The van der Waals surface area contributed by atoms with Crippen molar-refractivity contribution in [1.82, 2.24) is 10.2 Å². The number of nitrogens with zero attached hydrogens (tertiary/aromatic N) is 2. The van der Waals surface area contributed by atoms with Gasteiger partial charge in [0.1, 0.15) is 5.54 Å². The Labute approximate surface area is 117 Å². The minimum atomic E-state index is -0.215. The van der Waals surface area contributed by atoms with Crippen LogP contribution in [0.1, 0.15) is 51.9 Å². The molecule has 3 aliphatic rings. The van der Waals surface area contributed by atoms with Crippen LogP contribution < -0.4 is 5.32 Å². The minimum Gasteiger partial charge on any atom is -0.300 e. The van der Waals surface area contributed by atoms with Gasteiger partial charge in [-0.2, -0.15) is 5.26 Å². The summed E-state index contributed by atoms with van der Waals surface area (Å²) in [6.45, 7) is 5.59. The Morgan fingerprint density at radius 2 is 2.26 bits per heavy atom. The topological polar surface area (TPSA) is 39.1 Å². The average molecular weight is 261 g/mol. The van der Waals surface area contributed by atoms with Crippen molar-refractivity contribution < 1.29 is 0 Å². The van der Waals surface area contributed by atoms with Gasteiger partial charge < -0.3 is 4.90 Å². The highest BCUT2D eigenvalue weighted by molar-refractivity contribution is 5.14. The fourth-order valence-corrected chi connectivity index (χ4v) is 4.83. The number of likely N-dealkylation sites (tertiary alicyclic amines) is 1. The van der Waals surface area contributed by atoms with Gasteiger partial charge in [-0.15, -0.1) is 0 Å². The molecule has 2 bridgehead atoms.